The van der Waals surface area contributed by atoms with Gasteiger partial charge in [-0.2, -0.15) is 4.72 Å². The first-order chi connectivity index (χ1) is 10.9. The molecule has 0 aliphatic carbocycles. The molecule has 0 aliphatic rings. The van der Waals surface area contributed by atoms with E-state index in [0.29, 0.717) is 6.42 Å². The summed E-state index contributed by atoms with van der Waals surface area (Å²) in [5.41, 5.74) is 0. The van der Waals surface area contributed by atoms with Gasteiger partial charge in [0.15, 0.2) is 0 Å². The zero-order chi connectivity index (χ0) is 18.7. The standard InChI is InChI=1S/C14H22N2O6S2/c1-5-10(2)13(14(17)18)15-23(19,20)11-6-8-12(9-7-11)24(21,22)16(3)4/h6-10,13,15H,5H2,1-4H3,(H,17,18)/t10-,13-/m0/s1. The van der Waals surface area contributed by atoms with E-state index in [1.807, 2.05) is 0 Å². The summed E-state index contributed by atoms with van der Waals surface area (Å²) in [5, 5.41) is 9.19. The average Bonchev–Trinajstić information content (AvgIpc) is 2.51. The average molecular weight is 378 g/mol. The van der Waals surface area contributed by atoms with Crippen LogP contribution in [-0.2, 0) is 24.8 Å². The second kappa shape index (κ2) is 7.60. The maximum Gasteiger partial charge on any atom is 0.322 e. The topological polar surface area (TPSA) is 121 Å². The number of carboxylic acid groups (broad SMARTS) is 1. The number of sulfonamides is 2. The lowest BCUT2D eigenvalue weighted by molar-refractivity contribution is -0.140. The van der Waals surface area contributed by atoms with Crippen LogP contribution in [0.4, 0.5) is 0 Å². The van der Waals surface area contributed by atoms with E-state index >= 15 is 0 Å². The van der Waals surface area contributed by atoms with Crippen LogP contribution in [0.15, 0.2) is 34.1 Å². The van der Waals surface area contributed by atoms with E-state index in [-0.39, 0.29) is 9.79 Å². The van der Waals surface area contributed by atoms with Crippen molar-refractivity contribution in [2.45, 2.75) is 36.1 Å². The number of hydrogen-bond acceptors (Lipinski definition) is 5. The van der Waals surface area contributed by atoms with Crippen molar-refractivity contribution in [1.82, 2.24) is 9.03 Å². The molecule has 0 aliphatic heterocycles. The minimum Gasteiger partial charge on any atom is -0.480 e. The first-order valence-corrected chi connectivity index (χ1v) is 10.1. The molecule has 0 saturated heterocycles. The highest BCUT2D eigenvalue weighted by atomic mass is 32.2. The molecule has 0 fully saturated rings. The summed E-state index contributed by atoms with van der Waals surface area (Å²) in [6.45, 7) is 3.39. The van der Waals surface area contributed by atoms with E-state index in [4.69, 9.17) is 0 Å². The van der Waals surface area contributed by atoms with Crippen LogP contribution in [0.5, 0.6) is 0 Å². The van der Waals surface area contributed by atoms with Crippen LogP contribution in [0.1, 0.15) is 20.3 Å². The van der Waals surface area contributed by atoms with Crippen molar-refractivity contribution in [2.75, 3.05) is 14.1 Å². The van der Waals surface area contributed by atoms with Gasteiger partial charge in [-0.25, -0.2) is 21.1 Å². The Morgan fingerprint density at radius 3 is 1.96 bits per heavy atom. The van der Waals surface area contributed by atoms with Crippen molar-refractivity contribution < 1.29 is 26.7 Å². The number of nitrogens with zero attached hydrogens (tertiary/aromatic N) is 1. The minimum absolute atomic E-state index is 0.0526. The number of rotatable bonds is 8. The van der Waals surface area contributed by atoms with Crippen LogP contribution in [0.25, 0.3) is 0 Å². The third-order valence-electron chi connectivity index (χ3n) is 3.67. The maximum absolute atomic E-state index is 12.3. The van der Waals surface area contributed by atoms with E-state index < -0.39 is 38.0 Å². The number of aliphatic carboxylic acids is 1. The third-order valence-corrected chi connectivity index (χ3v) is 6.96. The zero-order valence-corrected chi connectivity index (χ0v) is 15.6. The molecule has 2 atom stereocenters. The lowest BCUT2D eigenvalue weighted by Gasteiger charge is -2.20. The van der Waals surface area contributed by atoms with Crippen molar-refractivity contribution in [3.05, 3.63) is 24.3 Å². The van der Waals surface area contributed by atoms with Gasteiger partial charge in [-0.05, 0) is 30.2 Å². The smallest absolute Gasteiger partial charge is 0.322 e. The fourth-order valence-corrected chi connectivity index (χ4v) is 4.08. The molecular weight excluding hydrogens is 356 g/mol. The summed E-state index contributed by atoms with van der Waals surface area (Å²) in [4.78, 5) is 11.0. The molecule has 0 aromatic heterocycles. The van der Waals surface area contributed by atoms with Crippen LogP contribution >= 0.6 is 0 Å². The summed E-state index contributed by atoms with van der Waals surface area (Å²) in [6.07, 6.45) is 0.486. The molecule has 0 heterocycles. The number of carbonyl (C=O) groups is 1. The molecule has 1 aromatic carbocycles. The van der Waals surface area contributed by atoms with Gasteiger partial charge in [0, 0.05) is 14.1 Å². The van der Waals surface area contributed by atoms with Gasteiger partial charge in [-0.3, -0.25) is 4.79 Å². The van der Waals surface area contributed by atoms with Gasteiger partial charge in [0.25, 0.3) is 0 Å². The van der Waals surface area contributed by atoms with Crippen LogP contribution in [-0.4, -0.2) is 52.4 Å². The third kappa shape index (κ3) is 4.53. The predicted molar refractivity (Wildman–Crippen MR) is 88.5 cm³/mol. The van der Waals surface area contributed by atoms with Crippen molar-refractivity contribution in [3.8, 4) is 0 Å². The lowest BCUT2D eigenvalue weighted by Crippen LogP contribution is -2.44. The Morgan fingerprint density at radius 2 is 1.58 bits per heavy atom. The van der Waals surface area contributed by atoms with E-state index in [2.05, 4.69) is 4.72 Å². The molecule has 0 spiro atoms. The van der Waals surface area contributed by atoms with E-state index in [9.17, 15) is 26.7 Å². The minimum atomic E-state index is -4.08. The number of nitrogens with one attached hydrogen (secondary N) is 1. The fraction of sp³-hybridized carbons (Fsp3) is 0.500. The van der Waals surface area contributed by atoms with Crippen LogP contribution in [0.3, 0.4) is 0 Å². The van der Waals surface area contributed by atoms with Crippen LogP contribution < -0.4 is 4.72 Å². The Hall–Kier alpha value is -1.49. The lowest BCUT2D eigenvalue weighted by atomic mass is 10.0. The number of hydrogen-bond donors (Lipinski definition) is 2. The van der Waals surface area contributed by atoms with E-state index in [1.54, 1.807) is 13.8 Å². The van der Waals surface area contributed by atoms with Gasteiger partial charge < -0.3 is 5.11 Å². The Morgan fingerprint density at radius 1 is 1.12 bits per heavy atom. The summed E-state index contributed by atoms with van der Waals surface area (Å²) < 4.78 is 51.8. The fourth-order valence-electron chi connectivity index (χ4n) is 1.88. The van der Waals surface area contributed by atoms with Crippen molar-refractivity contribution in [1.29, 1.82) is 0 Å². The SMILES string of the molecule is CC[C@H](C)[C@H](NS(=O)(=O)c1ccc(S(=O)(=O)N(C)C)cc1)C(=O)O. The van der Waals surface area contributed by atoms with Gasteiger partial charge in [-0.15, -0.1) is 0 Å². The van der Waals surface area contributed by atoms with E-state index in [1.165, 1.54) is 26.2 Å². The highest BCUT2D eigenvalue weighted by Gasteiger charge is 2.29. The van der Waals surface area contributed by atoms with Gasteiger partial charge in [-0.1, -0.05) is 20.3 Å². The Bertz CT molecular complexity index is 785. The summed E-state index contributed by atoms with van der Waals surface area (Å²) >= 11 is 0. The van der Waals surface area contributed by atoms with Gasteiger partial charge in [0.1, 0.15) is 6.04 Å². The first-order valence-electron chi connectivity index (χ1n) is 7.21. The highest BCUT2D eigenvalue weighted by Crippen LogP contribution is 2.18. The van der Waals surface area contributed by atoms with Crippen molar-refractivity contribution in [2.24, 2.45) is 5.92 Å². The maximum atomic E-state index is 12.3. The van der Waals surface area contributed by atoms with Gasteiger partial charge in [0.2, 0.25) is 20.0 Å². The van der Waals surface area contributed by atoms with E-state index in [0.717, 1.165) is 16.4 Å². The van der Waals surface area contributed by atoms with Gasteiger partial charge in [0.05, 0.1) is 9.79 Å². The molecule has 0 saturated carbocycles. The monoisotopic (exact) mass is 378 g/mol. The second-order valence-corrected chi connectivity index (χ2v) is 9.45. The first kappa shape index (κ1) is 20.6. The largest absolute Gasteiger partial charge is 0.480 e. The second-order valence-electron chi connectivity index (χ2n) is 5.58. The molecule has 1 rings (SSSR count). The molecule has 1 aromatic rings. The molecule has 0 amide bonds. The number of carboxylic acids is 1. The number of benzene rings is 1. The molecule has 136 valence electrons. The Labute approximate surface area is 142 Å². The normalized spacial score (nSPS) is 15.2. The van der Waals surface area contributed by atoms with Crippen molar-refractivity contribution in [3.63, 3.8) is 0 Å². The Balaban J connectivity index is 3.14. The zero-order valence-electron chi connectivity index (χ0n) is 13.9. The molecule has 8 nitrogen and oxygen atoms in total. The molecular formula is C14H22N2O6S2. The molecule has 24 heavy (non-hydrogen) atoms. The molecule has 0 unspecified atom stereocenters. The predicted octanol–water partition coefficient (Wildman–Crippen LogP) is 0.714. The molecule has 2 N–H and O–H groups in total. The quantitative estimate of drug-likeness (QED) is 0.687. The Kier molecular flexibility index (Phi) is 6.51. The summed E-state index contributed by atoms with van der Waals surface area (Å²) in [6, 6.07) is 3.35. The van der Waals surface area contributed by atoms with Crippen LogP contribution in [0.2, 0.25) is 0 Å². The van der Waals surface area contributed by atoms with Crippen LogP contribution in [0, 0.1) is 5.92 Å². The highest BCUT2D eigenvalue weighted by molar-refractivity contribution is 7.89. The summed E-state index contributed by atoms with van der Waals surface area (Å²) in [7, 11) is -5.02. The molecule has 0 bridgehead atoms. The summed E-state index contributed by atoms with van der Waals surface area (Å²) in [5.74, 6) is -1.66. The molecule has 10 heteroatoms. The van der Waals surface area contributed by atoms with Crippen molar-refractivity contribution >= 4 is 26.0 Å². The van der Waals surface area contributed by atoms with Gasteiger partial charge >= 0.3 is 5.97 Å². The molecule has 0 radical (unpaired) electrons.